The van der Waals surface area contributed by atoms with E-state index in [1.54, 1.807) is 0 Å². The third-order valence-electron chi connectivity index (χ3n) is 4.35. The van der Waals surface area contributed by atoms with Crippen LogP contribution in [0.25, 0.3) is 0 Å². The van der Waals surface area contributed by atoms with Crippen molar-refractivity contribution in [1.29, 1.82) is 0 Å². The molecule has 2 fully saturated rings. The molecule has 0 spiro atoms. The lowest BCUT2D eigenvalue weighted by atomic mass is 9.95. The molecule has 2 rings (SSSR count). The zero-order chi connectivity index (χ0) is 20.5. The largest absolute Gasteiger partial charge is 0.479 e. The quantitative estimate of drug-likeness (QED) is 0.218. The second-order valence-electron chi connectivity index (χ2n) is 6.30. The first kappa shape index (κ1) is 21.9. The van der Waals surface area contributed by atoms with Gasteiger partial charge in [0.05, 0.1) is 6.61 Å². The number of aliphatic hydroxyl groups is 6. The second-order valence-corrected chi connectivity index (χ2v) is 6.30. The van der Waals surface area contributed by atoms with Crippen LogP contribution in [0.2, 0.25) is 0 Å². The van der Waals surface area contributed by atoms with Crippen LogP contribution in [-0.4, -0.2) is 116 Å². The summed E-state index contributed by atoms with van der Waals surface area (Å²) >= 11 is 0. The highest BCUT2D eigenvalue weighted by atomic mass is 16.7. The number of carboxylic acid groups (broad SMARTS) is 1. The van der Waals surface area contributed by atoms with Crippen molar-refractivity contribution in [2.45, 2.75) is 68.3 Å². The molecule has 1 amide bonds. The topological polar surface area (TPSA) is 215 Å². The molecule has 0 saturated carbocycles. The van der Waals surface area contributed by atoms with Crippen LogP contribution >= 0.6 is 0 Å². The normalized spacial score (nSPS) is 45.3. The van der Waals surface area contributed by atoms with Crippen molar-refractivity contribution < 1.29 is 59.5 Å². The number of carbonyl (C=O) groups is 2. The van der Waals surface area contributed by atoms with Gasteiger partial charge in [-0.25, -0.2) is 4.79 Å². The second kappa shape index (κ2) is 8.72. The van der Waals surface area contributed by atoms with Crippen molar-refractivity contribution in [3.63, 3.8) is 0 Å². The predicted molar refractivity (Wildman–Crippen MR) is 80.8 cm³/mol. The summed E-state index contributed by atoms with van der Waals surface area (Å²) in [6, 6.07) is -1.37. The monoisotopic (exact) mass is 397 g/mol. The average molecular weight is 397 g/mol. The molecule has 10 atom stereocenters. The minimum absolute atomic E-state index is 0.630. The van der Waals surface area contributed by atoms with Crippen molar-refractivity contribution in [1.82, 2.24) is 5.32 Å². The van der Waals surface area contributed by atoms with E-state index >= 15 is 0 Å². The Kier molecular flexibility index (Phi) is 7.07. The molecular formula is C14H23NO12. The fourth-order valence-corrected chi connectivity index (χ4v) is 2.95. The third kappa shape index (κ3) is 4.53. The van der Waals surface area contributed by atoms with Crippen molar-refractivity contribution in [2.75, 3.05) is 6.61 Å². The number of carbonyl (C=O) groups excluding carboxylic acids is 1. The summed E-state index contributed by atoms with van der Waals surface area (Å²) in [6.07, 6.45) is -15.8. The highest BCUT2D eigenvalue weighted by Crippen LogP contribution is 2.28. The molecule has 0 radical (unpaired) electrons. The lowest BCUT2D eigenvalue weighted by Crippen LogP contribution is -2.67. The number of rotatable bonds is 5. The van der Waals surface area contributed by atoms with Gasteiger partial charge in [0.15, 0.2) is 18.7 Å². The molecule has 2 heterocycles. The third-order valence-corrected chi connectivity index (χ3v) is 4.35. The minimum atomic E-state index is -1.95. The molecule has 156 valence electrons. The van der Waals surface area contributed by atoms with E-state index in [2.05, 4.69) is 5.32 Å². The Bertz CT molecular complexity index is 546. The Morgan fingerprint density at radius 1 is 1.00 bits per heavy atom. The van der Waals surface area contributed by atoms with E-state index < -0.39 is 79.8 Å². The van der Waals surface area contributed by atoms with Gasteiger partial charge in [-0.1, -0.05) is 0 Å². The minimum Gasteiger partial charge on any atom is -0.479 e. The van der Waals surface area contributed by atoms with Crippen LogP contribution in [0.4, 0.5) is 0 Å². The molecule has 27 heavy (non-hydrogen) atoms. The van der Waals surface area contributed by atoms with Gasteiger partial charge in [0.1, 0.15) is 42.7 Å². The van der Waals surface area contributed by atoms with Crippen LogP contribution in [0.5, 0.6) is 0 Å². The number of amides is 1. The smallest absolute Gasteiger partial charge is 0.335 e. The van der Waals surface area contributed by atoms with E-state index in [-0.39, 0.29) is 0 Å². The highest BCUT2D eigenvalue weighted by molar-refractivity contribution is 5.73. The highest BCUT2D eigenvalue weighted by Gasteiger charge is 2.52. The Morgan fingerprint density at radius 3 is 2.15 bits per heavy atom. The molecular weight excluding hydrogens is 374 g/mol. The lowest BCUT2D eigenvalue weighted by Gasteiger charge is -2.46. The number of ether oxygens (including phenoxy) is 3. The molecule has 0 aromatic rings. The molecule has 0 aromatic heterocycles. The maximum Gasteiger partial charge on any atom is 0.335 e. The molecule has 2 aliphatic heterocycles. The lowest BCUT2D eigenvalue weighted by molar-refractivity contribution is -0.336. The van der Waals surface area contributed by atoms with Gasteiger partial charge in [-0.05, 0) is 0 Å². The number of hydrogen-bond donors (Lipinski definition) is 8. The van der Waals surface area contributed by atoms with Crippen molar-refractivity contribution >= 4 is 11.9 Å². The van der Waals surface area contributed by atoms with Crippen LogP contribution in [0, 0.1) is 0 Å². The first-order chi connectivity index (χ1) is 12.6. The predicted octanol–water partition coefficient (Wildman–Crippen LogP) is -5.16. The molecule has 0 unspecified atom stereocenters. The standard InChI is InChI=1S/C14H23NO12/c1-3(17)15-5-10(6(18)4(2-16)25-13(5)24)26-14-9(21)7(19)8(20)11(27-14)12(22)23/h4-11,13-14,16,18-21,24H,2H2,1H3,(H,15,17)(H,22,23)/t4-,5-,6+,7+,8+,9-,10-,11+,13+,14-/m1/s1. The van der Waals surface area contributed by atoms with Crippen LogP contribution in [0.3, 0.4) is 0 Å². The summed E-state index contributed by atoms with van der Waals surface area (Å²) in [6.45, 7) is 0.388. The first-order valence-corrected chi connectivity index (χ1v) is 8.06. The number of aliphatic hydroxyl groups excluding tert-OH is 6. The van der Waals surface area contributed by atoms with Gasteiger partial charge < -0.3 is 55.3 Å². The van der Waals surface area contributed by atoms with Crippen molar-refractivity contribution in [2.24, 2.45) is 0 Å². The number of carboxylic acids is 1. The van der Waals surface area contributed by atoms with Gasteiger partial charge >= 0.3 is 5.97 Å². The van der Waals surface area contributed by atoms with E-state index in [0.717, 1.165) is 6.92 Å². The van der Waals surface area contributed by atoms with E-state index in [1.807, 2.05) is 0 Å². The molecule has 13 heteroatoms. The first-order valence-electron chi connectivity index (χ1n) is 8.06. The number of aliphatic carboxylic acids is 1. The fourth-order valence-electron chi connectivity index (χ4n) is 2.95. The van der Waals surface area contributed by atoms with Gasteiger partial charge in [0, 0.05) is 6.92 Å². The molecule has 0 aliphatic carbocycles. The Labute approximate surface area is 152 Å². The Balaban J connectivity index is 2.25. The van der Waals surface area contributed by atoms with Crippen LogP contribution in [0.1, 0.15) is 6.92 Å². The van der Waals surface area contributed by atoms with E-state index in [4.69, 9.17) is 19.3 Å². The fraction of sp³-hybridized carbons (Fsp3) is 0.857. The van der Waals surface area contributed by atoms with E-state index in [9.17, 15) is 40.2 Å². The summed E-state index contributed by atoms with van der Waals surface area (Å²) in [5.41, 5.74) is 0. The molecule has 0 aromatic carbocycles. The van der Waals surface area contributed by atoms with E-state index in [1.165, 1.54) is 0 Å². The zero-order valence-corrected chi connectivity index (χ0v) is 14.2. The summed E-state index contributed by atoms with van der Waals surface area (Å²) in [4.78, 5) is 22.5. The SMILES string of the molecule is CC(=O)N[C@@H]1[C@@H](O[C@@H]2O[C@H](C(=O)O)[C@@H](O)[C@H](O)[C@H]2O)[C@@H](O)[C@@H](CO)O[C@@H]1O. The molecule has 2 saturated heterocycles. The van der Waals surface area contributed by atoms with Gasteiger partial charge in [-0.2, -0.15) is 0 Å². The van der Waals surface area contributed by atoms with Gasteiger partial charge in [-0.3, -0.25) is 4.79 Å². The van der Waals surface area contributed by atoms with Crippen LogP contribution < -0.4 is 5.32 Å². The summed E-state index contributed by atoms with van der Waals surface area (Å²) in [7, 11) is 0. The van der Waals surface area contributed by atoms with Crippen LogP contribution in [-0.2, 0) is 23.8 Å². The van der Waals surface area contributed by atoms with Gasteiger partial charge in [0.2, 0.25) is 5.91 Å². The van der Waals surface area contributed by atoms with Gasteiger partial charge in [-0.15, -0.1) is 0 Å². The molecule has 13 nitrogen and oxygen atoms in total. The maximum absolute atomic E-state index is 11.4. The molecule has 0 bridgehead atoms. The Morgan fingerprint density at radius 2 is 1.63 bits per heavy atom. The van der Waals surface area contributed by atoms with E-state index in [0.29, 0.717) is 0 Å². The van der Waals surface area contributed by atoms with Crippen LogP contribution in [0.15, 0.2) is 0 Å². The maximum atomic E-state index is 11.4. The summed E-state index contributed by atoms with van der Waals surface area (Å²) < 4.78 is 15.3. The summed E-state index contributed by atoms with van der Waals surface area (Å²) in [5.74, 6) is -2.27. The molecule has 8 N–H and O–H groups in total. The summed E-state index contributed by atoms with van der Waals surface area (Å²) in [5, 5.41) is 70.4. The molecule has 2 aliphatic rings. The number of nitrogens with one attached hydrogen (secondary N) is 1. The zero-order valence-electron chi connectivity index (χ0n) is 14.2. The number of hydrogen-bond acceptors (Lipinski definition) is 11. The van der Waals surface area contributed by atoms with Crippen molar-refractivity contribution in [3.8, 4) is 0 Å². The van der Waals surface area contributed by atoms with Crippen molar-refractivity contribution in [3.05, 3.63) is 0 Å². The van der Waals surface area contributed by atoms with Gasteiger partial charge in [0.25, 0.3) is 0 Å². The average Bonchev–Trinajstić information content (AvgIpc) is 2.60. The Hall–Kier alpha value is -1.42.